The molecule has 0 N–H and O–H groups in total. The average molecular weight is 502 g/mol. The summed E-state index contributed by atoms with van der Waals surface area (Å²) in [5, 5.41) is 0. The highest BCUT2D eigenvalue weighted by Gasteiger charge is 2.54. The number of carbonyl (C=O) groups is 4. The summed E-state index contributed by atoms with van der Waals surface area (Å²) >= 11 is 0. The summed E-state index contributed by atoms with van der Waals surface area (Å²) < 4.78 is 57.3. The van der Waals surface area contributed by atoms with Crippen molar-refractivity contribution in [2.24, 2.45) is 0 Å². The van der Waals surface area contributed by atoms with E-state index in [4.69, 9.17) is 27.9 Å². The molecule has 0 spiro atoms. The Balaban J connectivity index is 2.52. The van der Waals surface area contributed by atoms with Crippen LogP contribution >= 0.6 is 0 Å². The highest BCUT2D eigenvalue weighted by Crippen LogP contribution is 2.32. The van der Waals surface area contributed by atoms with Gasteiger partial charge in [0.1, 0.15) is 12.7 Å². The van der Waals surface area contributed by atoms with E-state index in [1.54, 1.807) is 6.92 Å². The van der Waals surface area contributed by atoms with Crippen molar-refractivity contribution < 1.29 is 55.5 Å². The minimum atomic E-state index is -4.50. The fraction of sp³-hybridized carbons (Fsp3) is 0.524. The fourth-order valence-corrected chi connectivity index (χ4v) is 4.21. The van der Waals surface area contributed by atoms with Crippen molar-refractivity contribution in [1.82, 2.24) is 0 Å². The Bertz CT molecular complexity index is 1020. The van der Waals surface area contributed by atoms with Crippen molar-refractivity contribution in [2.75, 3.05) is 6.61 Å². The van der Waals surface area contributed by atoms with Gasteiger partial charge in [0.05, 0.1) is 4.90 Å². The third-order valence-corrected chi connectivity index (χ3v) is 5.80. The van der Waals surface area contributed by atoms with Crippen LogP contribution < -0.4 is 0 Å². The second-order valence-corrected chi connectivity index (χ2v) is 9.00. The number of aryl methyl sites for hydroxylation is 1. The minimum absolute atomic E-state index is 0.229. The lowest BCUT2D eigenvalue weighted by atomic mass is 9.98. The van der Waals surface area contributed by atoms with E-state index in [9.17, 15) is 27.6 Å². The molecule has 1 aromatic carbocycles. The summed E-state index contributed by atoms with van der Waals surface area (Å²) in [6, 6.07) is 5.67. The van der Waals surface area contributed by atoms with Gasteiger partial charge in [0.2, 0.25) is 6.29 Å². The number of esters is 4. The van der Waals surface area contributed by atoms with E-state index in [-0.39, 0.29) is 4.90 Å². The van der Waals surface area contributed by atoms with Crippen molar-refractivity contribution in [3.63, 3.8) is 0 Å². The number of hydrogen-bond donors (Lipinski definition) is 0. The number of benzene rings is 1. The average Bonchev–Trinajstić information content (AvgIpc) is 2.70. The van der Waals surface area contributed by atoms with E-state index in [0.29, 0.717) is 0 Å². The lowest BCUT2D eigenvalue weighted by molar-refractivity contribution is -0.291. The van der Waals surface area contributed by atoms with E-state index in [0.717, 1.165) is 33.3 Å². The van der Waals surface area contributed by atoms with Gasteiger partial charge in [-0.25, -0.2) is 0 Å². The molecule has 5 atom stereocenters. The van der Waals surface area contributed by atoms with Gasteiger partial charge in [-0.1, -0.05) is 17.7 Å². The molecule has 2 rings (SSSR count). The van der Waals surface area contributed by atoms with Crippen LogP contribution in [0.1, 0.15) is 33.3 Å². The number of rotatable bonds is 8. The standard InChI is InChI=1S/C21H26O12S/c1-11-6-8-16(9-7-11)34(26,27)33-20-19(30-14(4)24)18(29-13(3)23)17(10-28-12(2)22)32-21(20)31-15(5)25/h6-9,17-21H,10H2,1-5H3/t17-,18+,19-,20-,21-/m0/s1. The molecule has 1 heterocycles. The van der Waals surface area contributed by atoms with Crippen molar-refractivity contribution in [3.8, 4) is 0 Å². The number of hydrogen-bond acceptors (Lipinski definition) is 12. The third-order valence-electron chi connectivity index (χ3n) is 4.48. The van der Waals surface area contributed by atoms with Crippen LogP contribution in [-0.2, 0) is 57.2 Å². The van der Waals surface area contributed by atoms with E-state index in [1.807, 2.05) is 0 Å². The van der Waals surface area contributed by atoms with E-state index < -0.39 is 71.3 Å². The van der Waals surface area contributed by atoms with Gasteiger partial charge in [0.25, 0.3) is 10.1 Å². The topological polar surface area (TPSA) is 158 Å². The molecule has 0 saturated carbocycles. The Morgan fingerprint density at radius 3 is 1.82 bits per heavy atom. The summed E-state index contributed by atoms with van der Waals surface area (Å²) in [5.41, 5.74) is 0.791. The maximum atomic E-state index is 13.0. The Morgan fingerprint density at radius 1 is 0.794 bits per heavy atom. The molecule has 0 amide bonds. The van der Waals surface area contributed by atoms with Crippen molar-refractivity contribution in [2.45, 2.75) is 70.2 Å². The normalized spacial score (nSPS) is 24.6. The Hall–Kier alpha value is -3.03. The Kier molecular flexibility index (Phi) is 9.13. The summed E-state index contributed by atoms with van der Waals surface area (Å²) in [7, 11) is -4.50. The predicted molar refractivity (Wildman–Crippen MR) is 111 cm³/mol. The Morgan fingerprint density at radius 2 is 1.32 bits per heavy atom. The molecule has 34 heavy (non-hydrogen) atoms. The first-order valence-electron chi connectivity index (χ1n) is 10.1. The van der Waals surface area contributed by atoms with Crippen LogP contribution in [0.15, 0.2) is 29.2 Å². The van der Waals surface area contributed by atoms with Gasteiger partial charge in [-0.15, -0.1) is 0 Å². The Labute approximate surface area is 196 Å². The van der Waals surface area contributed by atoms with Crippen LogP contribution in [-0.4, -0.2) is 69.6 Å². The largest absolute Gasteiger partial charge is 0.463 e. The summed E-state index contributed by atoms with van der Waals surface area (Å²) in [4.78, 5) is 46.4. The maximum Gasteiger partial charge on any atom is 0.305 e. The second-order valence-electron chi connectivity index (χ2n) is 7.43. The zero-order chi connectivity index (χ0) is 25.6. The van der Waals surface area contributed by atoms with Crippen LogP contribution in [0.4, 0.5) is 0 Å². The van der Waals surface area contributed by atoms with Crippen molar-refractivity contribution >= 4 is 34.0 Å². The summed E-state index contributed by atoms with van der Waals surface area (Å²) in [6.45, 7) is 5.52. The third kappa shape index (κ3) is 7.50. The zero-order valence-electron chi connectivity index (χ0n) is 19.2. The molecule has 1 aromatic rings. The molecule has 0 radical (unpaired) electrons. The first-order valence-corrected chi connectivity index (χ1v) is 11.5. The maximum absolute atomic E-state index is 13.0. The molecule has 1 aliphatic rings. The molecule has 1 aliphatic heterocycles. The second kappa shape index (κ2) is 11.4. The molecule has 188 valence electrons. The first-order chi connectivity index (χ1) is 15.8. The monoisotopic (exact) mass is 502 g/mol. The van der Waals surface area contributed by atoms with Crippen molar-refractivity contribution in [3.05, 3.63) is 29.8 Å². The van der Waals surface area contributed by atoms with Gasteiger partial charge in [-0.05, 0) is 19.1 Å². The van der Waals surface area contributed by atoms with Gasteiger partial charge in [-0.3, -0.25) is 23.4 Å². The van der Waals surface area contributed by atoms with Gasteiger partial charge in [0, 0.05) is 27.7 Å². The zero-order valence-corrected chi connectivity index (χ0v) is 20.0. The molecule has 13 heteroatoms. The van der Waals surface area contributed by atoms with E-state index in [2.05, 4.69) is 0 Å². The summed E-state index contributed by atoms with van der Waals surface area (Å²) in [5.74, 6) is -3.27. The van der Waals surface area contributed by atoms with Gasteiger partial charge >= 0.3 is 23.9 Å². The quantitative estimate of drug-likeness (QED) is 0.280. The number of carbonyl (C=O) groups excluding carboxylic acids is 4. The smallest absolute Gasteiger partial charge is 0.305 e. The lowest BCUT2D eigenvalue weighted by Crippen LogP contribution is -2.63. The number of ether oxygens (including phenoxy) is 5. The van der Waals surface area contributed by atoms with E-state index >= 15 is 0 Å². The molecule has 0 aliphatic carbocycles. The lowest BCUT2D eigenvalue weighted by Gasteiger charge is -2.43. The highest BCUT2D eigenvalue weighted by atomic mass is 32.2. The van der Waals surface area contributed by atoms with Gasteiger partial charge in [0.15, 0.2) is 18.3 Å². The van der Waals surface area contributed by atoms with Crippen LogP contribution in [0.2, 0.25) is 0 Å². The van der Waals surface area contributed by atoms with Crippen molar-refractivity contribution in [1.29, 1.82) is 0 Å². The molecule has 1 fully saturated rings. The van der Waals surface area contributed by atoms with E-state index in [1.165, 1.54) is 24.3 Å². The van der Waals surface area contributed by atoms with Gasteiger partial charge in [-0.2, -0.15) is 8.42 Å². The van der Waals surface area contributed by atoms with Gasteiger partial charge < -0.3 is 23.7 Å². The summed E-state index contributed by atoms with van der Waals surface area (Å²) in [6.07, 6.45) is -7.86. The van der Waals surface area contributed by atoms with Crippen LogP contribution in [0.3, 0.4) is 0 Å². The van der Waals surface area contributed by atoms with Crippen LogP contribution in [0, 0.1) is 6.92 Å². The highest BCUT2D eigenvalue weighted by molar-refractivity contribution is 7.86. The first kappa shape index (κ1) is 27.2. The minimum Gasteiger partial charge on any atom is -0.463 e. The predicted octanol–water partition coefficient (Wildman–Crippen LogP) is 0.783. The fourth-order valence-electron chi connectivity index (χ4n) is 3.14. The molecular weight excluding hydrogens is 476 g/mol. The molecule has 0 bridgehead atoms. The van der Waals surface area contributed by atoms with Crippen LogP contribution in [0.25, 0.3) is 0 Å². The molecule has 0 aromatic heterocycles. The molecule has 1 saturated heterocycles. The molecule has 0 unspecified atom stereocenters. The SMILES string of the molecule is CC(=O)OC[C@@H]1O[C@H](OC(C)=O)[C@@H](OS(=O)(=O)c2ccc(C)cc2)[C@@H](OC(C)=O)[C@@H]1OC(C)=O. The molecule has 12 nitrogen and oxygen atoms in total. The molecular formula is C21H26O12S. The van der Waals surface area contributed by atoms with Crippen LogP contribution in [0.5, 0.6) is 0 Å².